The van der Waals surface area contributed by atoms with Crippen LogP contribution in [0.1, 0.15) is 55.2 Å². The highest BCUT2D eigenvalue weighted by atomic mass is 19.4. The highest BCUT2D eigenvalue weighted by Gasteiger charge is 2.43. The molecule has 7 heteroatoms. The van der Waals surface area contributed by atoms with Gasteiger partial charge in [-0.15, -0.1) is 0 Å². The van der Waals surface area contributed by atoms with Crippen molar-refractivity contribution in [3.05, 3.63) is 59.3 Å². The van der Waals surface area contributed by atoms with Crippen molar-refractivity contribution in [2.24, 2.45) is 0 Å². The van der Waals surface area contributed by atoms with Crippen molar-refractivity contribution in [1.82, 2.24) is 10.3 Å². The number of pyridine rings is 1. The molecule has 1 aromatic heterocycles. The fourth-order valence-corrected chi connectivity index (χ4v) is 4.66. The third-order valence-electron chi connectivity index (χ3n) is 6.33. The summed E-state index contributed by atoms with van der Waals surface area (Å²) in [6, 6.07) is 9.10. The van der Waals surface area contributed by atoms with E-state index in [0.29, 0.717) is 24.9 Å². The molecule has 4 rings (SSSR count). The second-order valence-corrected chi connectivity index (χ2v) is 8.27. The van der Waals surface area contributed by atoms with Gasteiger partial charge in [0.05, 0.1) is 11.0 Å². The van der Waals surface area contributed by atoms with Gasteiger partial charge in [0.1, 0.15) is 5.82 Å². The average molecular weight is 417 g/mol. The lowest BCUT2D eigenvalue weighted by Gasteiger charge is -2.29. The van der Waals surface area contributed by atoms with E-state index >= 15 is 0 Å². The molecule has 1 saturated carbocycles. The molecular formula is C23H26F3N3O. The van der Waals surface area contributed by atoms with Gasteiger partial charge in [-0.2, -0.15) is 13.2 Å². The van der Waals surface area contributed by atoms with Crippen LogP contribution in [0.3, 0.4) is 0 Å². The Labute approximate surface area is 174 Å². The number of amides is 1. The highest BCUT2D eigenvalue weighted by Crippen LogP contribution is 2.43. The van der Waals surface area contributed by atoms with Crippen LogP contribution in [0, 0.1) is 0 Å². The lowest BCUT2D eigenvalue weighted by molar-refractivity contribution is -0.138. The Bertz CT molecular complexity index is 901. The van der Waals surface area contributed by atoms with E-state index in [2.05, 4.69) is 15.2 Å². The maximum atomic E-state index is 13.2. The minimum Gasteiger partial charge on any atom is -0.357 e. The predicted octanol–water partition coefficient (Wildman–Crippen LogP) is 4.83. The SMILES string of the molecule is O=C(NCc1ccnc(N2CCCC2)c1)C1(c2cccc(C(F)(F)F)c2)CCCC1. The summed E-state index contributed by atoms with van der Waals surface area (Å²) in [5, 5.41) is 2.99. The fourth-order valence-electron chi connectivity index (χ4n) is 4.66. The maximum absolute atomic E-state index is 13.2. The minimum absolute atomic E-state index is 0.196. The quantitative estimate of drug-likeness (QED) is 0.758. The van der Waals surface area contributed by atoms with E-state index in [1.807, 2.05) is 12.1 Å². The topological polar surface area (TPSA) is 45.2 Å². The Morgan fingerprint density at radius 2 is 1.80 bits per heavy atom. The Morgan fingerprint density at radius 1 is 1.07 bits per heavy atom. The van der Waals surface area contributed by atoms with Crippen LogP contribution >= 0.6 is 0 Å². The fraction of sp³-hybridized carbons (Fsp3) is 0.478. The average Bonchev–Trinajstić information content (AvgIpc) is 3.44. The zero-order valence-corrected chi connectivity index (χ0v) is 16.8. The van der Waals surface area contributed by atoms with Crippen LogP contribution < -0.4 is 10.2 Å². The van der Waals surface area contributed by atoms with Crippen molar-refractivity contribution in [2.45, 2.75) is 56.7 Å². The van der Waals surface area contributed by atoms with Gasteiger partial charge < -0.3 is 10.2 Å². The summed E-state index contributed by atoms with van der Waals surface area (Å²) < 4.78 is 39.6. The number of alkyl halides is 3. The normalized spacial score (nSPS) is 18.6. The van der Waals surface area contributed by atoms with Crippen molar-refractivity contribution in [3.8, 4) is 0 Å². The molecule has 2 aliphatic rings. The third-order valence-corrected chi connectivity index (χ3v) is 6.33. The summed E-state index contributed by atoms with van der Waals surface area (Å²) in [5.41, 5.74) is -0.202. The molecule has 1 aliphatic heterocycles. The smallest absolute Gasteiger partial charge is 0.357 e. The minimum atomic E-state index is -4.42. The molecule has 1 saturated heterocycles. The van der Waals surface area contributed by atoms with E-state index in [9.17, 15) is 18.0 Å². The number of hydrogen-bond donors (Lipinski definition) is 1. The van der Waals surface area contributed by atoms with Gasteiger partial charge in [0.25, 0.3) is 0 Å². The number of carbonyl (C=O) groups is 1. The number of carbonyl (C=O) groups excluding carboxylic acids is 1. The number of aromatic nitrogens is 1. The van der Waals surface area contributed by atoms with Gasteiger partial charge in [-0.25, -0.2) is 4.98 Å². The zero-order valence-electron chi connectivity index (χ0n) is 16.8. The largest absolute Gasteiger partial charge is 0.416 e. The molecule has 1 aromatic carbocycles. The van der Waals surface area contributed by atoms with Crippen LogP contribution in [0.2, 0.25) is 0 Å². The number of rotatable bonds is 5. The van der Waals surface area contributed by atoms with Crippen LogP contribution in [0.4, 0.5) is 19.0 Å². The molecule has 160 valence electrons. The molecule has 2 fully saturated rings. The molecule has 0 radical (unpaired) electrons. The maximum Gasteiger partial charge on any atom is 0.416 e. The second-order valence-electron chi connectivity index (χ2n) is 8.27. The van der Waals surface area contributed by atoms with E-state index in [1.54, 1.807) is 12.3 Å². The first kappa shape index (κ1) is 20.7. The van der Waals surface area contributed by atoms with Crippen molar-refractivity contribution in [1.29, 1.82) is 0 Å². The summed E-state index contributed by atoms with van der Waals surface area (Å²) >= 11 is 0. The van der Waals surface area contributed by atoms with Gasteiger partial charge >= 0.3 is 6.18 Å². The first-order valence-corrected chi connectivity index (χ1v) is 10.5. The van der Waals surface area contributed by atoms with E-state index in [-0.39, 0.29) is 5.91 Å². The summed E-state index contributed by atoms with van der Waals surface area (Å²) in [7, 11) is 0. The van der Waals surface area contributed by atoms with E-state index in [1.165, 1.54) is 6.07 Å². The third kappa shape index (κ3) is 4.16. The van der Waals surface area contributed by atoms with Gasteiger partial charge in [0.2, 0.25) is 5.91 Å². The molecule has 2 aromatic rings. The molecule has 1 aliphatic carbocycles. The number of nitrogens with zero attached hydrogens (tertiary/aromatic N) is 2. The van der Waals surface area contributed by atoms with Crippen LogP contribution in [-0.4, -0.2) is 24.0 Å². The highest BCUT2D eigenvalue weighted by molar-refractivity contribution is 5.88. The molecular weight excluding hydrogens is 391 g/mol. The van der Waals surface area contributed by atoms with Crippen LogP contribution in [0.25, 0.3) is 0 Å². The molecule has 0 unspecified atom stereocenters. The zero-order chi connectivity index (χ0) is 21.2. The number of benzene rings is 1. The van der Waals surface area contributed by atoms with E-state index < -0.39 is 17.2 Å². The lowest BCUT2D eigenvalue weighted by Crippen LogP contribution is -2.42. The number of nitrogens with one attached hydrogen (secondary N) is 1. The van der Waals surface area contributed by atoms with Gasteiger partial charge in [0.15, 0.2) is 0 Å². The van der Waals surface area contributed by atoms with Gasteiger partial charge in [-0.3, -0.25) is 4.79 Å². The molecule has 30 heavy (non-hydrogen) atoms. The Hall–Kier alpha value is -2.57. The first-order valence-electron chi connectivity index (χ1n) is 10.5. The van der Waals surface area contributed by atoms with Crippen LogP contribution in [0.5, 0.6) is 0 Å². The van der Waals surface area contributed by atoms with Crippen LogP contribution in [0.15, 0.2) is 42.6 Å². The van der Waals surface area contributed by atoms with Gasteiger partial charge in [-0.05, 0) is 55.0 Å². The molecule has 0 spiro atoms. The molecule has 1 amide bonds. The summed E-state index contributed by atoms with van der Waals surface area (Å²) in [6.45, 7) is 2.31. The number of halogens is 3. The standard InChI is InChI=1S/C23H26F3N3O/c24-23(25,26)19-7-5-6-18(15-19)22(9-1-2-10-22)21(30)28-16-17-8-11-27-20(14-17)29-12-3-4-13-29/h5-8,11,14-15H,1-4,9-10,12-13,16H2,(H,28,30). The molecule has 0 atom stereocenters. The predicted molar refractivity (Wildman–Crippen MR) is 109 cm³/mol. The van der Waals surface area contributed by atoms with E-state index in [4.69, 9.17) is 0 Å². The molecule has 4 nitrogen and oxygen atoms in total. The summed E-state index contributed by atoms with van der Waals surface area (Å²) in [5.74, 6) is 0.714. The Balaban J connectivity index is 1.52. The van der Waals surface area contributed by atoms with E-state index in [0.717, 1.165) is 62.3 Å². The Morgan fingerprint density at radius 3 is 2.50 bits per heavy atom. The van der Waals surface area contributed by atoms with Gasteiger partial charge in [-0.1, -0.05) is 31.0 Å². The lowest BCUT2D eigenvalue weighted by atomic mass is 9.77. The summed E-state index contributed by atoms with van der Waals surface area (Å²) in [6.07, 6.45) is 2.42. The summed E-state index contributed by atoms with van der Waals surface area (Å²) in [4.78, 5) is 19.9. The molecule has 2 heterocycles. The number of anilines is 1. The van der Waals surface area contributed by atoms with Gasteiger partial charge in [0, 0.05) is 25.8 Å². The van der Waals surface area contributed by atoms with Crippen molar-refractivity contribution < 1.29 is 18.0 Å². The first-order chi connectivity index (χ1) is 14.4. The van der Waals surface area contributed by atoms with Crippen molar-refractivity contribution >= 4 is 11.7 Å². The monoisotopic (exact) mass is 417 g/mol. The van der Waals surface area contributed by atoms with Crippen molar-refractivity contribution in [3.63, 3.8) is 0 Å². The second kappa shape index (κ2) is 8.28. The Kier molecular flexibility index (Phi) is 5.71. The number of hydrogen-bond acceptors (Lipinski definition) is 3. The molecule has 1 N–H and O–H groups in total. The van der Waals surface area contributed by atoms with Crippen molar-refractivity contribution in [2.75, 3.05) is 18.0 Å². The van der Waals surface area contributed by atoms with Crippen LogP contribution in [-0.2, 0) is 22.9 Å². The molecule has 0 bridgehead atoms.